The summed E-state index contributed by atoms with van der Waals surface area (Å²) in [5.74, 6) is 0. The van der Waals surface area contributed by atoms with E-state index in [0.29, 0.717) is 5.25 Å². The molecule has 84 valence electrons. The average molecular weight is 244 g/mol. The molecule has 1 saturated heterocycles. The first-order chi connectivity index (χ1) is 7.25. The minimum absolute atomic E-state index is 0.668. The SMILES string of the molecule is CN(C)c1nnc(SC2CCCNC2)s1. The van der Waals surface area contributed by atoms with Crippen LogP contribution in [0.3, 0.4) is 0 Å². The van der Waals surface area contributed by atoms with Crippen molar-refractivity contribution in [3.63, 3.8) is 0 Å². The van der Waals surface area contributed by atoms with Gasteiger partial charge in [0.15, 0.2) is 4.34 Å². The molecule has 0 spiro atoms. The van der Waals surface area contributed by atoms with Gasteiger partial charge in [0.1, 0.15) is 0 Å². The zero-order valence-corrected chi connectivity index (χ0v) is 10.7. The van der Waals surface area contributed by atoms with Crippen LogP contribution >= 0.6 is 23.1 Å². The van der Waals surface area contributed by atoms with Gasteiger partial charge in [0, 0.05) is 25.9 Å². The van der Waals surface area contributed by atoms with Crippen LogP contribution in [0.25, 0.3) is 0 Å². The van der Waals surface area contributed by atoms with Crippen molar-refractivity contribution < 1.29 is 0 Å². The van der Waals surface area contributed by atoms with Crippen molar-refractivity contribution in [3.05, 3.63) is 0 Å². The molecule has 1 atom stereocenters. The standard InChI is InChI=1S/C9H16N4S2/c1-13(2)8-11-12-9(15-8)14-7-4-3-5-10-6-7/h7,10H,3-6H2,1-2H3. The predicted molar refractivity (Wildman–Crippen MR) is 66.0 cm³/mol. The number of nitrogens with one attached hydrogen (secondary N) is 1. The Morgan fingerprint density at radius 3 is 2.93 bits per heavy atom. The lowest BCUT2D eigenvalue weighted by atomic mass is 10.2. The minimum atomic E-state index is 0.668. The van der Waals surface area contributed by atoms with Gasteiger partial charge in [0.25, 0.3) is 0 Å². The summed E-state index contributed by atoms with van der Waals surface area (Å²) < 4.78 is 1.09. The maximum atomic E-state index is 4.19. The van der Waals surface area contributed by atoms with Gasteiger partial charge in [-0.25, -0.2) is 0 Å². The first-order valence-electron chi connectivity index (χ1n) is 5.14. The van der Waals surface area contributed by atoms with Crippen molar-refractivity contribution in [1.82, 2.24) is 15.5 Å². The molecule has 0 radical (unpaired) electrons. The Bertz CT molecular complexity index is 307. The molecule has 0 aromatic carbocycles. The number of anilines is 1. The Kier molecular flexibility index (Phi) is 3.82. The number of hydrogen-bond donors (Lipinski definition) is 1. The van der Waals surface area contributed by atoms with E-state index >= 15 is 0 Å². The number of nitrogens with zero attached hydrogens (tertiary/aromatic N) is 3. The average Bonchev–Trinajstić information content (AvgIpc) is 2.68. The molecule has 1 aliphatic rings. The van der Waals surface area contributed by atoms with Crippen LogP contribution in [0.5, 0.6) is 0 Å². The molecule has 1 fully saturated rings. The Labute approximate surface area is 98.5 Å². The molecule has 1 aromatic rings. The summed E-state index contributed by atoms with van der Waals surface area (Å²) in [6.07, 6.45) is 2.56. The minimum Gasteiger partial charge on any atom is -0.353 e. The third-order valence-corrected chi connectivity index (χ3v) is 4.74. The highest BCUT2D eigenvalue weighted by molar-refractivity contribution is 8.01. The molecule has 2 heterocycles. The highest BCUT2D eigenvalue weighted by Crippen LogP contribution is 2.32. The van der Waals surface area contributed by atoms with E-state index in [0.717, 1.165) is 22.6 Å². The lowest BCUT2D eigenvalue weighted by molar-refractivity contribution is 0.531. The number of piperidine rings is 1. The first-order valence-corrected chi connectivity index (χ1v) is 6.83. The maximum Gasteiger partial charge on any atom is 0.208 e. The fourth-order valence-corrected chi connectivity index (χ4v) is 3.68. The van der Waals surface area contributed by atoms with E-state index in [-0.39, 0.29) is 0 Å². The van der Waals surface area contributed by atoms with Gasteiger partial charge >= 0.3 is 0 Å². The van der Waals surface area contributed by atoms with Crippen molar-refractivity contribution in [2.45, 2.75) is 22.4 Å². The number of hydrogen-bond acceptors (Lipinski definition) is 6. The van der Waals surface area contributed by atoms with E-state index in [1.807, 2.05) is 30.8 Å². The monoisotopic (exact) mass is 244 g/mol. The molecule has 0 saturated carbocycles. The quantitative estimate of drug-likeness (QED) is 0.871. The van der Waals surface area contributed by atoms with Crippen LogP contribution in [0.15, 0.2) is 4.34 Å². The van der Waals surface area contributed by atoms with Gasteiger partial charge in [-0.05, 0) is 19.4 Å². The van der Waals surface area contributed by atoms with Crippen LogP contribution in [0.4, 0.5) is 5.13 Å². The predicted octanol–water partition coefficient (Wildman–Crippen LogP) is 1.45. The van der Waals surface area contributed by atoms with Crippen LogP contribution in [0.1, 0.15) is 12.8 Å². The zero-order chi connectivity index (χ0) is 10.7. The van der Waals surface area contributed by atoms with Crippen LogP contribution < -0.4 is 10.2 Å². The fraction of sp³-hybridized carbons (Fsp3) is 0.778. The lowest BCUT2D eigenvalue weighted by Crippen LogP contribution is -2.31. The molecular formula is C9H16N4S2. The molecule has 1 N–H and O–H groups in total. The van der Waals surface area contributed by atoms with Gasteiger partial charge in [-0.3, -0.25) is 0 Å². The van der Waals surface area contributed by atoms with Crippen molar-refractivity contribution in [3.8, 4) is 0 Å². The van der Waals surface area contributed by atoms with E-state index in [4.69, 9.17) is 0 Å². The van der Waals surface area contributed by atoms with E-state index in [1.165, 1.54) is 12.8 Å². The summed E-state index contributed by atoms with van der Waals surface area (Å²) in [5, 5.41) is 13.4. The number of aromatic nitrogens is 2. The second-order valence-corrected chi connectivity index (χ2v) is 6.33. The molecule has 15 heavy (non-hydrogen) atoms. The topological polar surface area (TPSA) is 41.1 Å². The normalized spacial score (nSPS) is 21.6. The summed E-state index contributed by atoms with van der Waals surface area (Å²) in [6.45, 7) is 2.26. The van der Waals surface area contributed by atoms with E-state index < -0.39 is 0 Å². The maximum absolute atomic E-state index is 4.19. The number of rotatable bonds is 3. The van der Waals surface area contributed by atoms with Gasteiger partial charge < -0.3 is 10.2 Å². The van der Waals surface area contributed by atoms with Gasteiger partial charge in [0.2, 0.25) is 5.13 Å². The first kappa shape index (κ1) is 11.2. The molecule has 4 nitrogen and oxygen atoms in total. The summed E-state index contributed by atoms with van der Waals surface area (Å²) in [4.78, 5) is 2.00. The van der Waals surface area contributed by atoms with Gasteiger partial charge in [-0.2, -0.15) is 0 Å². The molecule has 6 heteroatoms. The summed E-state index contributed by atoms with van der Waals surface area (Å²) in [7, 11) is 3.99. The second kappa shape index (κ2) is 5.14. The summed E-state index contributed by atoms with van der Waals surface area (Å²) in [6, 6.07) is 0. The van der Waals surface area contributed by atoms with Gasteiger partial charge in [-0.15, -0.1) is 10.2 Å². The third-order valence-electron chi connectivity index (χ3n) is 2.30. The summed E-state index contributed by atoms with van der Waals surface area (Å²) in [5.41, 5.74) is 0. The van der Waals surface area contributed by atoms with Crippen molar-refractivity contribution in [2.24, 2.45) is 0 Å². The molecule has 2 rings (SSSR count). The third kappa shape index (κ3) is 3.06. The highest BCUT2D eigenvalue weighted by atomic mass is 32.2. The Morgan fingerprint density at radius 2 is 2.33 bits per heavy atom. The molecule has 1 aromatic heterocycles. The Balaban J connectivity index is 1.91. The Morgan fingerprint density at radius 1 is 1.47 bits per heavy atom. The van der Waals surface area contributed by atoms with Crippen LogP contribution in [0.2, 0.25) is 0 Å². The van der Waals surface area contributed by atoms with E-state index in [1.54, 1.807) is 11.3 Å². The van der Waals surface area contributed by atoms with Crippen LogP contribution in [-0.2, 0) is 0 Å². The molecule has 0 aliphatic carbocycles. The fourth-order valence-electron chi connectivity index (χ4n) is 1.49. The van der Waals surface area contributed by atoms with Crippen molar-refractivity contribution >= 4 is 28.2 Å². The van der Waals surface area contributed by atoms with Crippen LogP contribution in [-0.4, -0.2) is 42.6 Å². The molecule has 1 aliphatic heterocycles. The highest BCUT2D eigenvalue weighted by Gasteiger charge is 2.16. The van der Waals surface area contributed by atoms with Crippen molar-refractivity contribution in [2.75, 3.05) is 32.1 Å². The van der Waals surface area contributed by atoms with E-state index in [2.05, 4.69) is 15.5 Å². The van der Waals surface area contributed by atoms with Crippen molar-refractivity contribution in [1.29, 1.82) is 0 Å². The van der Waals surface area contributed by atoms with Gasteiger partial charge in [-0.1, -0.05) is 23.1 Å². The van der Waals surface area contributed by atoms with Gasteiger partial charge in [0.05, 0.1) is 0 Å². The molecule has 0 amide bonds. The zero-order valence-electron chi connectivity index (χ0n) is 9.06. The molecule has 1 unspecified atom stereocenters. The largest absolute Gasteiger partial charge is 0.353 e. The lowest BCUT2D eigenvalue weighted by Gasteiger charge is -2.20. The summed E-state index contributed by atoms with van der Waals surface area (Å²) >= 11 is 3.53. The van der Waals surface area contributed by atoms with Crippen LogP contribution in [0, 0.1) is 0 Å². The molecule has 0 bridgehead atoms. The second-order valence-electron chi connectivity index (χ2n) is 3.83. The number of thioether (sulfide) groups is 1. The Hall–Kier alpha value is -0.330. The van der Waals surface area contributed by atoms with E-state index in [9.17, 15) is 0 Å². The molecular weight excluding hydrogens is 228 g/mol. The smallest absolute Gasteiger partial charge is 0.208 e.